The molecular weight excluding hydrogens is 276 g/mol. The van der Waals surface area contributed by atoms with Crippen LogP contribution >= 0.6 is 0 Å². The summed E-state index contributed by atoms with van der Waals surface area (Å²) in [5.41, 5.74) is 0.143. The molecule has 0 saturated heterocycles. The molecule has 0 radical (unpaired) electrons. The van der Waals surface area contributed by atoms with E-state index >= 15 is 0 Å². The Morgan fingerprint density at radius 1 is 1.05 bits per heavy atom. The molecule has 106 valence electrons. The van der Waals surface area contributed by atoms with E-state index in [4.69, 9.17) is 0 Å². The second-order valence-corrected chi connectivity index (χ2v) is 4.17. The van der Waals surface area contributed by atoms with Crippen molar-refractivity contribution in [3.63, 3.8) is 0 Å². The van der Waals surface area contributed by atoms with Crippen molar-refractivity contribution >= 4 is 16.6 Å². The zero-order valence-corrected chi connectivity index (χ0v) is 10.2. The topological polar surface area (TPSA) is 26.3 Å². The molecule has 0 N–H and O–H groups in total. The number of ether oxygens (including phenoxy) is 1. The van der Waals surface area contributed by atoms with Gasteiger partial charge in [-0.1, -0.05) is 24.3 Å². The van der Waals surface area contributed by atoms with Gasteiger partial charge in [0.15, 0.2) is 5.78 Å². The summed E-state index contributed by atoms with van der Waals surface area (Å²) in [5.74, 6) is -1.11. The summed E-state index contributed by atoms with van der Waals surface area (Å²) in [6.07, 6.45) is -4.48. The van der Waals surface area contributed by atoms with E-state index in [1.165, 1.54) is 18.2 Å². The normalized spacial score (nSPS) is 11.8. The number of rotatable bonds is 4. The number of hydrogen-bond acceptors (Lipinski definition) is 2. The molecule has 0 heterocycles. The van der Waals surface area contributed by atoms with Gasteiger partial charge in [0, 0.05) is 10.9 Å². The van der Waals surface area contributed by atoms with E-state index in [9.17, 15) is 22.4 Å². The molecule has 2 rings (SSSR count). The SMILES string of the molecule is O=C(COCC(F)(F)F)c1ccc(F)c2ccccc12. The second-order valence-electron chi connectivity index (χ2n) is 4.17. The van der Waals surface area contributed by atoms with Gasteiger partial charge in [0.25, 0.3) is 0 Å². The standard InChI is InChI=1S/C14H10F4O2/c15-12-6-5-11(9-3-1-2-4-10(9)12)13(19)7-20-8-14(16,17)18/h1-6H,7-8H2. The highest BCUT2D eigenvalue weighted by atomic mass is 19.4. The molecule has 0 atom stereocenters. The molecular formula is C14H10F4O2. The number of alkyl halides is 3. The highest BCUT2D eigenvalue weighted by Gasteiger charge is 2.28. The molecule has 0 spiro atoms. The van der Waals surface area contributed by atoms with Gasteiger partial charge in [-0.05, 0) is 17.5 Å². The smallest absolute Gasteiger partial charge is 0.364 e. The van der Waals surface area contributed by atoms with Crippen molar-refractivity contribution < 1.29 is 27.1 Å². The zero-order chi connectivity index (χ0) is 14.8. The fourth-order valence-corrected chi connectivity index (χ4v) is 1.84. The Morgan fingerprint density at radius 2 is 1.70 bits per heavy atom. The number of halogens is 4. The molecule has 0 aliphatic rings. The van der Waals surface area contributed by atoms with Crippen molar-refractivity contribution in [2.45, 2.75) is 6.18 Å². The lowest BCUT2D eigenvalue weighted by Gasteiger charge is -2.09. The first-order valence-electron chi connectivity index (χ1n) is 5.73. The Balaban J connectivity index is 2.21. The summed E-state index contributed by atoms with van der Waals surface area (Å²) in [7, 11) is 0. The molecule has 0 unspecified atom stereocenters. The lowest BCUT2D eigenvalue weighted by molar-refractivity contribution is -0.170. The molecule has 0 amide bonds. The van der Waals surface area contributed by atoms with Crippen molar-refractivity contribution in [3.8, 4) is 0 Å². The summed E-state index contributed by atoms with van der Waals surface area (Å²) in [6.45, 7) is -2.19. The lowest BCUT2D eigenvalue weighted by Crippen LogP contribution is -2.20. The van der Waals surface area contributed by atoms with E-state index in [0.717, 1.165) is 6.07 Å². The van der Waals surface area contributed by atoms with Crippen molar-refractivity contribution in [1.29, 1.82) is 0 Å². The third-order valence-electron chi connectivity index (χ3n) is 2.67. The van der Waals surface area contributed by atoms with Gasteiger partial charge in [0.05, 0.1) is 0 Å². The minimum Gasteiger partial charge on any atom is -0.364 e. The Hall–Kier alpha value is -1.95. The van der Waals surface area contributed by atoms with Gasteiger partial charge < -0.3 is 4.74 Å². The maximum absolute atomic E-state index is 13.5. The highest BCUT2D eigenvalue weighted by molar-refractivity contribution is 6.08. The number of hydrogen-bond donors (Lipinski definition) is 0. The van der Waals surface area contributed by atoms with Crippen LogP contribution in [0.1, 0.15) is 10.4 Å². The minimum absolute atomic E-state index is 0.143. The summed E-state index contributed by atoms with van der Waals surface area (Å²) in [4.78, 5) is 11.8. The third-order valence-corrected chi connectivity index (χ3v) is 2.67. The van der Waals surface area contributed by atoms with Gasteiger partial charge in [0.1, 0.15) is 19.0 Å². The van der Waals surface area contributed by atoms with Crippen LogP contribution in [0.15, 0.2) is 36.4 Å². The summed E-state index contributed by atoms with van der Waals surface area (Å²) in [6, 6.07) is 8.62. The van der Waals surface area contributed by atoms with E-state index < -0.39 is 31.0 Å². The summed E-state index contributed by atoms with van der Waals surface area (Å²) >= 11 is 0. The average Bonchev–Trinajstić information content (AvgIpc) is 2.38. The van der Waals surface area contributed by atoms with Crippen molar-refractivity contribution in [2.24, 2.45) is 0 Å². The lowest BCUT2D eigenvalue weighted by atomic mass is 10.0. The Labute approximate surface area is 112 Å². The average molecular weight is 286 g/mol. The van der Waals surface area contributed by atoms with Crippen LogP contribution in [-0.2, 0) is 4.74 Å². The highest BCUT2D eigenvalue weighted by Crippen LogP contribution is 2.22. The number of Topliss-reactive ketones (excluding diaryl/α,β-unsaturated/α-hetero) is 1. The van der Waals surface area contributed by atoms with Gasteiger partial charge in [-0.3, -0.25) is 4.79 Å². The molecule has 0 aliphatic heterocycles. The van der Waals surface area contributed by atoms with Crippen LogP contribution in [0.3, 0.4) is 0 Å². The van der Waals surface area contributed by atoms with Crippen molar-refractivity contribution in [1.82, 2.24) is 0 Å². The Kier molecular flexibility index (Phi) is 4.04. The Morgan fingerprint density at radius 3 is 2.35 bits per heavy atom. The predicted molar refractivity (Wildman–Crippen MR) is 65.1 cm³/mol. The van der Waals surface area contributed by atoms with Gasteiger partial charge >= 0.3 is 6.18 Å². The summed E-state index contributed by atoms with van der Waals surface area (Å²) < 4.78 is 53.7. The fourth-order valence-electron chi connectivity index (χ4n) is 1.84. The molecule has 0 fully saturated rings. The first-order chi connectivity index (χ1) is 9.38. The summed E-state index contributed by atoms with van der Waals surface area (Å²) in [5, 5.41) is 0.599. The number of carbonyl (C=O) groups excluding carboxylic acids is 1. The number of fused-ring (bicyclic) bond motifs is 1. The number of benzene rings is 2. The molecule has 6 heteroatoms. The second kappa shape index (κ2) is 5.58. The molecule has 0 aliphatic carbocycles. The van der Waals surface area contributed by atoms with Gasteiger partial charge in [-0.25, -0.2) is 4.39 Å². The third kappa shape index (κ3) is 3.33. The maximum Gasteiger partial charge on any atom is 0.411 e. The van der Waals surface area contributed by atoms with Crippen molar-refractivity contribution in [3.05, 3.63) is 47.8 Å². The van der Waals surface area contributed by atoms with E-state index in [1.807, 2.05) is 0 Å². The number of carbonyl (C=O) groups is 1. The first-order valence-corrected chi connectivity index (χ1v) is 5.73. The molecule has 2 aromatic carbocycles. The molecule has 2 aromatic rings. The first kappa shape index (κ1) is 14.5. The fraction of sp³-hybridized carbons (Fsp3) is 0.214. The molecule has 20 heavy (non-hydrogen) atoms. The van der Waals surface area contributed by atoms with E-state index in [0.29, 0.717) is 5.39 Å². The molecule has 0 saturated carbocycles. The van der Waals surface area contributed by atoms with Crippen LogP contribution in [-0.4, -0.2) is 25.2 Å². The largest absolute Gasteiger partial charge is 0.411 e. The minimum atomic E-state index is -4.48. The predicted octanol–water partition coefficient (Wildman–Crippen LogP) is 3.74. The van der Waals surface area contributed by atoms with E-state index in [2.05, 4.69) is 4.74 Å². The molecule has 2 nitrogen and oxygen atoms in total. The zero-order valence-electron chi connectivity index (χ0n) is 10.2. The van der Waals surface area contributed by atoms with Crippen LogP contribution < -0.4 is 0 Å². The van der Waals surface area contributed by atoms with Gasteiger partial charge in [-0.15, -0.1) is 0 Å². The number of ketones is 1. The van der Waals surface area contributed by atoms with Gasteiger partial charge in [0.2, 0.25) is 0 Å². The monoisotopic (exact) mass is 286 g/mol. The van der Waals surface area contributed by atoms with E-state index in [-0.39, 0.29) is 10.9 Å². The molecule has 0 aromatic heterocycles. The van der Waals surface area contributed by atoms with Crippen LogP contribution in [0.5, 0.6) is 0 Å². The van der Waals surface area contributed by atoms with Gasteiger partial charge in [-0.2, -0.15) is 13.2 Å². The van der Waals surface area contributed by atoms with Crippen LogP contribution in [0.2, 0.25) is 0 Å². The van der Waals surface area contributed by atoms with Crippen LogP contribution in [0.25, 0.3) is 10.8 Å². The van der Waals surface area contributed by atoms with Crippen molar-refractivity contribution in [2.75, 3.05) is 13.2 Å². The van der Waals surface area contributed by atoms with E-state index in [1.54, 1.807) is 12.1 Å². The maximum atomic E-state index is 13.5. The Bertz CT molecular complexity index is 635. The molecule has 0 bridgehead atoms. The van der Waals surface area contributed by atoms with Crippen LogP contribution in [0.4, 0.5) is 17.6 Å². The van der Waals surface area contributed by atoms with Crippen LogP contribution in [0, 0.1) is 5.82 Å². The quantitative estimate of drug-likeness (QED) is 0.632.